The molecule has 0 fully saturated rings. The van der Waals surface area contributed by atoms with Gasteiger partial charge < -0.3 is 14.8 Å². The van der Waals surface area contributed by atoms with Gasteiger partial charge >= 0.3 is 6.18 Å². The van der Waals surface area contributed by atoms with Gasteiger partial charge in [-0.25, -0.2) is 4.39 Å². The normalized spacial score (nSPS) is 17.2. The average molecular weight is 468 g/mol. The van der Waals surface area contributed by atoms with Crippen molar-refractivity contribution in [3.05, 3.63) is 64.6 Å². The van der Waals surface area contributed by atoms with Gasteiger partial charge in [0.25, 0.3) is 0 Å². The number of nitrogens with one attached hydrogen (secondary N) is 1. The second-order valence-corrected chi connectivity index (χ2v) is 9.76. The zero-order chi connectivity index (χ0) is 23.5. The molecule has 0 saturated heterocycles. The molecule has 0 bridgehead atoms. The number of alkyl halides is 3. The fourth-order valence-electron chi connectivity index (χ4n) is 4.57. The molecule has 2 N–H and O–H groups in total. The van der Waals surface area contributed by atoms with Crippen molar-refractivity contribution in [2.24, 2.45) is 0 Å². The van der Waals surface area contributed by atoms with E-state index in [0.717, 1.165) is 10.9 Å². The summed E-state index contributed by atoms with van der Waals surface area (Å²) >= 11 is 4.25. The minimum Gasteiger partial charge on any atom is -0.493 e. The largest absolute Gasteiger partial charge is 0.493 e. The number of hydrogen-bond donors (Lipinski definition) is 3. The second kappa shape index (κ2) is 7.70. The first-order valence-electron chi connectivity index (χ1n) is 10.3. The van der Waals surface area contributed by atoms with E-state index in [1.165, 1.54) is 12.1 Å². The van der Waals surface area contributed by atoms with Crippen LogP contribution in [0.5, 0.6) is 5.75 Å². The minimum atomic E-state index is -4.98. The van der Waals surface area contributed by atoms with Gasteiger partial charge in [-0.1, -0.05) is 25.5 Å². The van der Waals surface area contributed by atoms with Crippen LogP contribution in [0.25, 0.3) is 10.9 Å². The summed E-state index contributed by atoms with van der Waals surface area (Å²) in [4.78, 5) is 2.96. The molecular formula is C24H25F4NO2S. The molecule has 3 aromatic rings. The first-order valence-corrected chi connectivity index (χ1v) is 10.9. The minimum absolute atomic E-state index is 0.158. The van der Waals surface area contributed by atoms with E-state index in [9.17, 15) is 22.7 Å². The van der Waals surface area contributed by atoms with Crippen LogP contribution in [0.15, 0.2) is 36.4 Å². The van der Waals surface area contributed by atoms with Crippen molar-refractivity contribution in [1.29, 1.82) is 0 Å². The molecule has 0 radical (unpaired) electrons. The smallest absolute Gasteiger partial charge is 0.418 e. The number of benzene rings is 2. The first-order chi connectivity index (χ1) is 14.8. The number of aliphatic hydroxyl groups is 1. The van der Waals surface area contributed by atoms with E-state index in [1.807, 2.05) is 19.1 Å². The highest BCUT2D eigenvalue weighted by molar-refractivity contribution is 7.80. The summed E-state index contributed by atoms with van der Waals surface area (Å²) in [5.74, 6) is -0.140. The van der Waals surface area contributed by atoms with Gasteiger partial charge in [-0.3, -0.25) is 0 Å². The second-order valence-electron chi connectivity index (χ2n) is 9.24. The van der Waals surface area contributed by atoms with E-state index in [2.05, 4.69) is 17.6 Å². The molecule has 4 rings (SSSR count). The Morgan fingerprint density at radius 3 is 2.56 bits per heavy atom. The van der Waals surface area contributed by atoms with Crippen LogP contribution in [0, 0.1) is 12.7 Å². The van der Waals surface area contributed by atoms with Gasteiger partial charge in [-0.15, -0.1) is 0 Å². The number of ether oxygens (including phenoxy) is 1. The number of thiol groups is 1. The lowest BCUT2D eigenvalue weighted by molar-refractivity contribution is -0.267. The molecule has 1 aliphatic rings. The summed E-state index contributed by atoms with van der Waals surface area (Å²) in [6.45, 7) is 5.33. The summed E-state index contributed by atoms with van der Waals surface area (Å²) in [5, 5.41) is 10.3. The van der Waals surface area contributed by atoms with E-state index in [0.29, 0.717) is 35.4 Å². The lowest BCUT2D eigenvalue weighted by Gasteiger charge is -2.41. The Morgan fingerprint density at radius 1 is 1.16 bits per heavy atom. The predicted molar refractivity (Wildman–Crippen MR) is 119 cm³/mol. The van der Waals surface area contributed by atoms with Gasteiger partial charge in [0, 0.05) is 28.8 Å². The highest BCUT2D eigenvalue weighted by atomic mass is 32.1. The van der Waals surface area contributed by atoms with Crippen molar-refractivity contribution in [3.63, 3.8) is 0 Å². The third-order valence-corrected chi connectivity index (χ3v) is 6.93. The molecule has 172 valence electrons. The molecule has 0 amide bonds. The monoisotopic (exact) mass is 467 g/mol. The van der Waals surface area contributed by atoms with Gasteiger partial charge in [-0.05, 0) is 54.5 Å². The van der Waals surface area contributed by atoms with Gasteiger partial charge in [0.2, 0.25) is 0 Å². The van der Waals surface area contributed by atoms with E-state index in [-0.39, 0.29) is 5.69 Å². The molecule has 2 atom stereocenters. The number of aryl methyl sites for hydroxylation is 1. The van der Waals surface area contributed by atoms with Gasteiger partial charge in [0.05, 0.1) is 11.9 Å². The number of H-pyrrole nitrogens is 1. The topological polar surface area (TPSA) is 45.2 Å². The number of aromatic nitrogens is 1. The highest BCUT2D eigenvalue weighted by Gasteiger charge is 2.60. The van der Waals surface area contributed by atoms with E-state index in [1.54, 1.807) is 26.0 Å². The van der Waals surface area contributed by atoms with Gasteiger partial charge in [0.1, 0.15) is 11.6 Å². The molecule has 0 saturated carbocycles. The maximum atomic E-state index is 14.3. The fourth-order valence-corrected chi connectivity index (χ4v) is 4.95. The Hall–Kier alpha value is -2.19. The Balaban J connectivity index is 1.76. The summed E-state index contributed by atoms with van der Waals surface area (Å²) in [6.07, 6.45) is -5.23. The highest BCUT2D eigenvalue weighted by Crippen LogP contribution is 2.52. The molecular weight excluding hydrogens is 442 g/mol. The number of aromatic amines is 1. The molecule has 1 aromatic heterocycles. The van der Waals surface area contributed by atoms with Crippen molar-refractivity contribution >= 4 is 23.5 Å². The van der Waals surface area contributed by atoms with E-state index in [4.69, 9.17) is 4.74 Å². The molecule has 3 nitrogen and oxygen atoms in total. The number of hydrogen-bond acceptors (Lipinski definition) is 3. The van der Waals surface area contributed by atoms with Crippen molar-refractivity contribution in [3.8, 4) is 5.75 Å². The Morgan fingerprint density at radius 2 is 1.88 bits per heavy atom. The van der Waals surface area contributed by atoms with Crippen LogP contribution in [0.3, 0.4) is 0 Å². The number of rotatable bonds is 5. The van der Waals surface area contributed by atoms with Crippen LogP contribution < -0.4 is 4.74 Å². The van der Waals surface area contributed by atoms with E-state index >= 15 is 0 Å². The molecule has 2 aromatic carbocycles. The SMILES string of the molecule is Cc1ccc2[nH]c(C(S)C(O)(CC(C)(C)c3cc(F)cc4c3OCC4)C(F)(F)F)cc2c1. The summed E-state index contributed by atoms with van der Waals surface area (Å²) < 4.78 is 62.9. The summed E-state index contributed by atoms with van der Waals surface area (Å²) in [5.41, 5.74) is -1.74. The van der Waals surface area contributed by atoms with Crippen LogP contribution in [0.4, 0.5) is 17.6 Å². The zero-order valence-corrected chi connectivity index (χ0v) is 18.9. The van der Waals surface area contributed by atoms with Crippen molar-refractivity contribution < 1.29 is 27.4 Å². The summed E-state index contributed by atoms with van der Waals surface area (Å²) in [6, 6.07) is 9.58. The Kier molecular flexibility index (Phi) is 5.53. The third-order valence-electron chi connectivity index (χ3n) is 6.22. The van der Waals surface area contributed by atoms with Crippen molar-refractivity contribution in [1.82, 2.24) is 4.98 Å². The lowest BCUT2D eigenvalue weighted by Crippen LogP contribution is -2.52. The predicted octanol–water partition coefficient (Wildman–Crippen LogP) is 6.18. The van der Waals surface area contributed by atoms with E-state index < -0.39 is 34.7 Å². The van der Waals surface area contributed by atoms with Crippen LogP contribution in [-0.2, 0) is 11.8 Å². The maximum absolute atomic E-state index is 14.3. The molecule has 1 aliphatic heterocycles. The molecule has 2 unspecified atom stereocenters. The molecule has 0 spiro atoms. The third kappa shape index (κ3) is 3.88. The fraction of sp³-hybridized carbons (Fsp3) is 0.417. The van der Waals surface area contributed by atoms with Crippen LogP contribution >= 0.6 is 12.6 Å². The Bertz CT molecular complexity index is 1170. The van der Waals surface area contributed by atoms with Gasteiger partial charge in [-0.2, -0.15) is 25.8 Å². The van der Waals surface area contributed by atoms with Crippen molar-refractivity contribution in [2.75, 3.05) is 6.61 Å². The van der Waals surface area contributed by atoms with Crippen LogP contribution in [0.2, 0.25) is 0 Å². The van der Waals surface area contributed by atoms with Crippen molar-refractivity contribution in [2.45, 2.75) is 56.1 Å². The quantitative estimate of drug-likeness (QED) is 0.310. The zero-order valence-electron chi connectivity index (χ0n) is 18.0. The first kappa shape index (κ1) is 23.0. The maximum Gasteiger partial charge on any atom is 0.418 e. The average Bonchev–Trinajstić information content (AvgIpc) is 3.31. The number of halogens is 4. The molecule has 0 aliphatic carbocycles. The molecule has 32 heavy (non-hydrogen) atoms. The number of fused-ring (bicyclic) bond motifs is 2. The molecule has 2 heterocycles. The van der Waals surface area contributed by atoms with Crippen LogP contribution in [0.1, 0.15) is 47.9 Å². The lowest BCUT2D eigenvalue weighted by atomic mass is 9.72. The standard InChI is InChI=1S/C24H25F4NO2S/c1-13-4-5-18-15(8-13)10-19(29-18)21(32)23(30,24(26,27)28)12-22(2,3)17-11-16(25)9-14-6-7-31-20(14)17/h4-5,8-11,21,29-30,32H,6-7,12H2,1-3H3. The van der Waals surface area contributed by atoms with Crippen LogP contribution in [-0.4, -0.2) is 28.5 Å². The molecule has 8 heteroatoms. The van der Waals surface area contributed by atoms with Gasteiger partial charge in [0.15, 0.2) is 5.60 Å². The summed E-state index contributed by atoms with van der Waals surface area (Å²) in [7, 11) is 0. The Labute approximate surface area is 189 Å².